The minimum absolute atomic E-state index is 0. The van der Waals surface area contributed by atoms with E-state index < -0.39 is 0 Å². The zero-order valence-electron chi connectivity index (χ0n) is 14.1. The van der Waals surface area contributed by atoms with E-state index >= 15 is 0 Å². The third-order valence-corrected chi connectivity index (χ3v) is 4.46. The van der Waals surface area contributed by atoms with Crippen molar-refractivity contribution in [3.05, 3.63) is 53.1 Å². The molecular weight excluding hydrogens is 322 g/mol. The van der Waals surface area contributed by atoms with Gasteiger partial charge in [-0.1, -0.05) is 24.3 Å². The van der Waals surface area contributed by atoms with Crippen LogP contribution in [0.25, 0.3) is 0 Å². The van der Waals surface area contributed by atoms with Gasteiger partial charge in [0.15, 0.2) is 0 Å². The lowest BCUT2D eigenvalue weighted by molar-refractivity contribution is -0.115. The van der Waals surface area contributed by atoms with Crippen molar-refractivity contribution >= 4 is 35.4 Å². The molecule has 5 heteroatoms. The van der Waals surface area contributed by atoms with Crippen molar-refractivity contribution in [1.82, 2.24) is 0 Å². The second-order valence-electron chi connectivity index (χ2n) is 6.19. The molecule has 1 aliphatic heterocycles. The summed E-state index contributed by atoms with van der Waals surface area (Å²) in [6.45, 7) is 5.26. The summed E-state index contributed by atoms with van der Waals surface area (Å²) < 4.78 is 0. The van der Waals surface area contributed by atoms with Crippen molar-refractivity contribution in [2.24, 2.45) is 0 Å². The molecule has 0 fully saturated rings. The number of nitrogen functional groups attached to an aromatic ring is 1. The molecule has 2 aromatic rings. The molecule has 0 spiro atoms. The Morgan fingerprint density at radius 1 is 1.17 bits per heavy atom. The van der Waals surface area contributed by atoms with Crippen LogP contribution < -0.4 is 16.0 Å². The largest absolute Gasteiger partial charge is 0.398 e. The summed E-state index contributed by atoms with van der Waals surface area (Å²) in [4.78, 5) is 14.6. The Hall–Kier alpha value is -2.20. The lowest BCUT2D eigenvalue weighted by Gasteiger charge is -2.31. The van der Waals surface area contributed by atoms with Gasteiger partial charge in [-0.15, -0.1) is 12.4 Å². The van der Waals surface area contributed by atoms with Gasteiger partial charge in [-0.25, -0.2) is 0 Å². The van der Waals surface area contributed by atoms with Crippen molar-refractivity contribution in [2.45, 2.75) is 26.7 Å². The van der Waals surface area contributed by atoms with Gasteiger partial charge >= 0.3 is 0 Å². The molecule has 0 unspecified atom stereocenters. The molecule has 0 radical (unpaired) electrons. The Labute approximate surface area is 149 Å². The van der Waals surface area contributed by atoms with Gasteiger partial charge < -0.3 is 16.0 Å². The molecule has 128 valence electrons. The number of fused-ring (bicyclic) bond motifs is 1. The highest BCUT2D eigenvalue weighted by Gasteiger charge is 2.20. The van der Waals surface area contributed by atoms with Crippen molar-refractivity contribution < 1.29 is 4.79 Å². The van der Waals surface area contributed by atoms with Gasteiger partial charge in [-0.2, -0.15) is 0 Å². The molecule has 0 atom stereocenters. The number of anilines is 3. The number of benzene rings is 2. The monoisotopic (exact) mass is 345 g/mol. The van der Waals surface area contributed by atoms with E-state index in [0.717, 1.165) is 47.6 Å². The fraction of sp³-hybridized carbons (Fsp3) is 0.316. The lowest BCUT2D eigenvalue weighted by Crippen LogP contribution is -2.37. The van der Waals surface area contributed by atoms with Crippen LogP contribution in [-0.2, 0) is 11.2 Å². The number of nitrogens with two attached hydrogens (primary N) is 1. The van der Waals surface area contributed by atoms with Gasteiger partial charge in [0.25, 0.3) is 0 Å². The van der Waals surface area contributed by atoms with Crippen LogP contribution in [0.15, 0.2) is 36.4 Å². The molecule has 1 amide bonds. The number of aryl methyl sites for hydroxylation is 2. The van der Waals surface area contributed by atoms with Gasteiger partial charge in [0.2, 0.25) is 5.91 Å². The first-order valence-electron chi connectivity index (χ1n) is 8.04. The summed E-state index contributed by atoms with van der Waals surface area (Å²) in [5.74, 6) is 0.0117. The number of nitrogens with one attached hydrogen (secondary N) is 1. The molecule has 0 bridgehead atoms. The second-order valence-corrected chi connectivity index (χ2v) is 6.19. The SMILES string of the molecule is Cc1cccc(C)c1NC(=O)CN1CCCc2c(N)cccc21.Cl. The topological polar surface area (TPSA) is 58.4 Å². The van der Waals surface area contributed by atoms with Gasteiger partial charge in [0.1, 0.15) is 0 Å². The maximum Gasteiger partial charge on any atom is 0.243 e. The highest BCUT2D eigenvalue weighted by molar-refractivity contribution is 5.95. The standard InChI is InChI=1S/C19H23N3O.ClH/c1-13-6-3-7-14(2)19(13)21-18(23)12-22-11-5-8-15-16(20)9-4-10-17(15)22;/h3-4,6-7,9-10H,5,8,11-12,20H2,1-2H3,(H,21,23);1H. The summed E-state index contributed by atoms with van der Waals surface area (Å²) in [5.41, 5.74) is 12.2. The number of hydrogen-bond acceptors (Lipinski definition) is 3. The van der Waals surface area contributed by atoms with Crippen LogP contribution in [0.5, 0.6) is 0 Å². The third kappa shape index (κ3) is 3.65. The predicted octanol–water partition coefficient (Wildman–Crippen LogP) is 3.70. The third-order valence-electron chi connectivity index (χ3n) is 4.46. The van der Waals surface area contributed by atoms with E-state index in [0.29, 0.717) is 6.54 Å². The average molecular weight is 346 g/mol. The lowest BCUT2D eigenvalue weighted by atomic mass is 10.00. The van der Waals surface area contributed by atoms with Crippen molar-refractivity contribution in [3.63, 3.8) is 0 Å². The number of nitrogens with zero attached hydrogens (tertiary/aromatic N) is 1. The first-order chi connectivity index (χ1) is 11.1. The molecule has 0 aliphatic carbocycles. The number of carbonyl (C=O) groups excluding carboxylic acids is 1. The van der Waals surface area contributed by atoms with Gasteiger partial charge in [0.05, 0.1) is 6.54 Å². The van der Waals surface area contributed by atoms with Crippen molar-refractivity contribution in [1.29, 1.82) is 0 Å². The van der Waals surface area contributed by atoms with E-state index in [2.05, 4.69) is 16.3 Å². The normalized spacial score (nSPS) is 13.0. The van der Waals surface area contributed by atoms with Crippen molar-refractivity contribution in [3.8, 4) is 0 Å². The molecule has 1 heterocycles. The minimum Gasteiger partial charge on any atom is -0.398 e. The number of rotatable bonds is 3. The van der Waals surface area contributed by atoms with Gasteiger partial charge in [-0.05, 0) is 55.5 Å². The second kappa shape index (κ2) is 7.58. The summed E-state index contributed by atoms with van der Waals surface area (Å²) >= 11 is 0. The molecule has 24 heavy (non-hydrogen) atoms. The maximum atomic E-state index is 12.5. The summed E-state index contributed by atoms with van der Waals surface area (Å²) in [6.07, 6.45) is 2.01. The van der Waals surface area contributed by atoms with E-state index in [1.165, 1.54) is 5.56 Å². The van der Waals surface area contributed by atoms with Gasteiger partial charge in [-0.3, -0.25) is 4.79 Å². The van der Waals surface area contributed by atoms with Crippen LogP contribution in [0.1, 0.15) is 23.1 Å². The number of carbonyl (C=O) groups is 1. The molecule has 0 saturated carbocycles. The molecule has 3 N–H and O–H groups in total. The first-order valence-corrected chi connectivity index (χ1v) is 8.04. The molecule has 2 aromatic carbocycles. The fourth-order valence-corrected chi connectivity index (χ4v) is 3.26. The molecular formula is C19H24ClN3O. The highest BCUT2D eigenvalue weighted by Crippen LogP contribution is 2.31. The highest BCUT2D eigenvalue weighted by atomic mass is 35.5. The van der Waals surface area contributed by atoms with E-state index in [-0.39, 0.29) is 18.3 Å². The maximum absolute atomic E-state index is 12.5. The molecule has 0 aromatic heterocycles. The quantitative estimate of drug-likeness (QED) is 0.834. The van der Waals surface area contributed by atoms with E-state index in [4.69, 9.17) is 5.73 Å². The zero-order valence-corrected chi connectivity index (χ0v) is 15.0. The number of para-hydroxylation sites is 1. The number of amides is 1. The van der Waals surface area contributed by atoms with E-state index in [1.807, 2.05) is 44.2 Å². The summed E-state index contributed by atoms with van der Waals surface area (Å²) in [5, 5.41) is 3.06. The minimum atomic E-state index is 0. The summed E-state index contributed by atoms with van der Waals surface area (Å²) in [7, 11) is 0. The van der Waals surface area contributed by atoms with E-state index in [1.54, 1.807) is 0 Å². The smallest absolute Gasteiger partial charge is 0.243 e. The Kier molecular flexibility index (Phi) is 5.73. The Balaban J connectivity index is 0.00000208. The molecule has 0 saturated heterocycles. The average Bonchev–Trinajstić information content (AvgIpc) is 2.52. The van der Waals surface area contributed by atoms with E-state index in [9.17, 15) is 4.79 Å². The van der Waals surface area contributed by atoms with Crippen LogP contribution in [0.2, 0.25) is 0 Å². The molecule has 3 rings (SSSR count). The van der Waals surface area contributed by atoms with Gasteiger partial charge in [0, 0.05) is 23.6 Å². The zero-order chi connectivity index (χ0) is 16.4. The number of halogens is 1. The van der Waals surface area contributed by atoms with Crippen LogP contribution in [-0.4, -0.2) is 19.0 Å². The van der Waals surface area contributed by atoms with Crippen LogP contribution >= 0.6 is 12.4 Å². The number of hydrogen-bond donors (Lipinski definition) is 2. The van der Waals surface area contributed by atoms with Crippen molar-refractivity contribution in [2.75, 3.05) is 29.0 Å². The summed E-state index contributed by atoms with van der Waals surface area (Å²) in [6, 6.07) is 12.0. The van der Waals surface area contributed by atoms with Crippen LogP contribution in [0, 0.1) is 13.8 Å². The Morgan fingerprint density at radius 2 is 1.83 bits per heavy atom. The molecule has 4 nitrogen and oxygen atoms in total. The predicted molar refractivity (Wildman–Crippen MR) is 103 cm³/mol. The Bertz CT molecular complexity index is 725. The molecule has 1 aliphatic rings. The fourth-order valence-electron chi connectivity index (χ4n) is 3.26. The van der Waals surface area contributed by atoms with Crippen LogP contribution in [0.3, 0.4) is 0 Å². The van der Waals surface area contributed by atoms with Crippen LogP contribution in [0.4, 0.5) is 17.1 Å². The first kappa shape index (κ1) is 18.1. The Morgan fingerprint density at radius 3 is 2.54 bits per heavy atom.